The van der Waals surface area contributed by atoms with Gasteiger partial charge in [0.15, 0.2) is 0 Å². The Hall–Kier alpha value is -1.95. The van der Waals surface area contributed by atoms with Crippen LogP contribution in [0.3, 0.4) is 0 Å². The number of hydrogen-bond acceptors (Lipinski definition) is 3. The predicted octanol–water partition coefficient (Wildman–Crippen LogP) is 1.62. The summed E-state index contributed by atoms with van der Waals surface area (Å²) in [4.78, 5) is 12.6. The van der Waals surface area contributed by atoms with Gasteiger partial charge < -0.3 is 10.3 Å². The molecule has 0 atom stereocenters. The molecule has 6 heteroatoms. The highest BCUT2D eigenvalue weighted by atomic mass is 32.1. The van der Waals surface area contributed by atoms with Crippen LogP contribution in [0, 0.1) is 6.92 Å². The topological polar surface area (TPSA) is 65.8 Å². The van der Waals surface area contributed by atoms with Crippen molar-refractivity contribution in [3.05, 3.63) is 51.2 Å². The summed E-state index contributed by atoms with van der Waals surface area (Å²) in [6.07, 6.45) is 0.876. The summed E-state index contributed by atoms with van der Waals surface area (Å²) in [5, 5.41) is 4.51. The summed E-state index contributed by atoms with van der Waals surface area (Å²) in [5.74, 6) is 0. The van der Waals surface area contributed by atoms with Gasteiger partial charge in [-0.2, -0.15) is 5.10 Å². The normalized spacial score (nSPS) is 10.8. The molecule has 21 heavy (non-hydrogen) atoms. The van der Waals surface area contributed by atoms with E-state index in [2.05, 4.69) is 12.0 Å². The molecule has 0 saturated heterocycles. The van der Waals surface area contributed by atoms with Gasteiger partial charge in [-0.1, -0.05) is 19.1 Å². The highest BCUT2D eigenvalue weighted by molar-refractivity contribution is 7.80. The molecule has 0 spiro atoms. The van der Waals surface area contributed by atoms with Gasteiger partial charge in [-0.15, -0.1) is 0 Å². The first-order valence-corrected chi connectivity index (χ1v) is 7.44. The third-order valence-corrected chi connectivity index (χ3v) is 3.77. The van der Waals surface area contributed by atoms with Crippen molar-refractivity contribution in [2.24, 2.45) is 5.73 Å². The summed E-state index contributed by atoms with van der Waals surface area (Å²) >= 11 is 4.94. The van der Waals surface area contributed by atoms with E-state index in [0.29, 0.717) is 12.1 Å². The van der Waals surface area contributed by atoms with Crippen LogP contribution in [0.15, 0.2) is 23.0 Å². The maximum Gasteiger partial charge on any atom is 0.261 e. The molecule has 0 amide bonds. The van der Waals surface area contributed by atoms with Crippen LogP contribution in [0.2, 0.25) is 0 Å². The molecule has 0 radical (unpaired) electrons. The van der Waals surface area contributed by atoms with Gasteiger partial charge in [-0.3, -0.25) is 9.48 Å². The van der Waals surface area contributed by atoms with E-state index in [-0.39, 0.29) is 10.5 Å². The number of nitrogens with two attached hydrogens (primary N) is 1. The lowest BCUT2D eigenvalue weighted by Crippen LogP contribution is -2.31. The predicted molar refractivity (Wildman–Crippen MR) is 87.7 cm³/mol. The number of hydrogen-bond donors (Lipinski definition) is 1. The largest absolute Gasteiger partial charge is 0.389 e. The zero-order valence-electron chi connectivity index (χ0n) is 12.6. The molecule has 2 N–H and O–H groups in total. The van der Waals surface area contributed by atoms with Crippen molar-refractivity contribution in [2.45, 2.75) is 40.3 Å². The summed E-state index contributed by atoms with van der Waals surface area (Å²) < 4.78 is 3.62. The summed E-state index contributed by atoms with van der Waals surface area (Å²) in [5.41, 5.74) is 8.76. The van der Waals surface area contributed by atoms with Crippen LogP contribution in [0.25, 0.3) is 0 Å². The third-order valence-electron chi connectivity index (χ3n) is 3.55. The van der Waals surface area contributed by atoms with Crippen molar-refractivity contribution in [2.75, 3.05) is 0 Å². The summed E-state index contributed by atoms with van der Waals surface area (Å²) in [6.45, 7) is 7.26. The Morgan fingerprint density at radius 3 is 2.67 bits per heavy atom. The smallest absolute Gasteiger partial charge is 0.261 e. The fraction of sp³-hybridized carbons (Fsp3) is 0.400. The van der Waals surface area contributed by atoms with Gasteiger partial charge in [0.1, 0.15) is 4.99 Å². The first kappa shape index (κ1) is 15.4. The highest BCUT2D eigenvalue weighted by Gasteiger charge is 2.12. The molecule has 5 nitrogen and oxygen atoms in total. The van der Waals surface area contributed by atoms with Crippen molar-refractivity contribution in [3.63, 3.8) is 0 Å². The van der Waals surface area contributed by atoms with E-state index in [4.69, 9.17) is 18.0 Å². The highest BCUT2D eigenvalue weighted by Crippen LogP contribution is 2.09. The van der Waals surface area contributed by atoms with Gasteiger partial charge in [0, 0.05) is 12.2 Å². The fourth-order valence-corrected chi connectivity index (χ4v) is 2.46. The Morgan fingerprint density at radius 1 is 1.38 bits per heavy atom. The Morgan fingerprint density at radius 2 is 2.10 bits per heavy atom. The van der Waals surface area contributed by atoms with E-state index in [9.17, 15) is 4.79 Å². The fourth-order valence-electron chi connectivity index (χ4n) is 2.31. The van der Waals surface area contributed by atoms with E-state index in [1.165, 1.54) is 0 Å². The van der Waals surface area contributed by atoms with Crippen LogP contribution in [0.4, 0.5) is 0 Å². The van der Waals surface area contributed by atoms with Gasteiger partial charge in [-0.05, 0) is 38.5 Å². The van der Waals surface area contributed by atoms with Gasteiger partial charge in [0.05, 0.1) is 23.5 Å². The molecule has 0 aliphatic carbocycles. The van der Waals surface area contributed by atoms with Crippen molar-refractivity contribution in [3.8, 4) is 0 Å². The van der Waals surface area contributed by atoms with Crippen molar-refractivity contribution in [1.82, 2.24) is 14.3 Å². The molecule has 0 saturated carbocycles. The molecule has 2 aromatic heterocycles. The summed E-state index contributed by atoms with van der Waals surface area (Å²) in [6, 6.07) is 5.59. The minimum atomic E-state index is -0.149. The van der Waals surface area contributed by atoms with Crippen molar-refractivity contribution in [1.29, 1.82) is 0 Å². The monoisotopic (exact) mass is 304 g/mol. The Kier molecular flexibility index (Phi) is 4.57. The maximum absolute atomic E-state index is 12.5. The zero-order chi connectivity index (χ0) is 15.6. The number of pyridine rings is 1. The maximum atomic E-state index is 12.5. The van der Waals surface area contributed by atoms with E-state index in [0.717, 1.165) is 30.0 Å². The lowest BCUT2D eigenvalue weighted by molar-refractivity contribution is 0.584. The molecule has 2 aromatic rings. The Bertz CT molecular complexity index is 730. The standard InChI is InChI=1S/C15H20N4OS/c1-4-11-8-12(19(5-2)17-11)9-18-10(3)6-7-13(14(16)21)15(18)20/h6-8H,4-5,9H2,1-3H3,(H2,16,21). The first-order chi connectivity index (χ1) is 9.97. The molecule has 0 bridgehead atoms. The number of aryl methyl sites for hydroxylation is 3. The molecule has 0 aliphatic heterocycles. The van der Waals surface area contributed by atoms with Gasteiger partial charge in [0.2, 0.25) is 0 Å². The van der Waals surface area contributed by atoms with Crippen LogP contribution in [-0.2, 0) is 19.5 Å². The van der Waals surface area contributed by atoms with Crippen LogP contribution < -0.4 is 11.3 Å². The molecular formula is C15H20N4OS. The van der Waals surface area contributed by atoms with Crippen LogP contribution in [-0.4, -0.2) is 19.3 Å². The third kappa shape index (κ3) is 3.05. The van der Waals surface area contributed by atoms with Crippen molar-refractivity contribution < 1.29 is 0 Å². The molecule has 0 aromatic carbocycles. The molecule has 0 aliphatic rings. The average Bonchev–Trinajstić information content (AvgIpc) is 2.85. The van der Waals surface area contributed by atoms with Gasteiger partial charge in [-0.25, -0.2) is 0 Å². The molecule has 0 fully saturated rings. The van der Waals surface area contributed by atoms with E-state index >= 15 is 0 Å². The zero-order valence-corrected chi connectivity index (χ0v) is 13.4. The molecule has 0 unspecified atom stereocenters. The number of thiocarbonyl (C=S) groups is 1. The second-order valence-corrected chi connectivity index (χ2v) is 5.38. The lowest BCUT2D eigenvalue weighted by atomic mass is 10.2. The first-order valence-electron chi connectivity index (χ1n) is 7.03. The number of aromatic nitrogens is 3. The average molecular weight is 304 g/mol. The van der Waals surface area contributed by atoms with E-state index < -0.39 is 0 Å². The summed E-state index contributed by atoms with van der Waals surface area (Å²) in [7, 11) is 0. The minimum Gasteiger partial charge on any atom is -0.389 e. The SMILES string of the molecule is CCc1cc(Cn2c(C)ccc(C(N)=S)c2=O)n(CC)n1. The van der Waals surface area contributed by atoms with E-state index in [1.807, 2.05) is 30.7 Å². The number of nitrogens with zero attached hydrogens (tertiary/aromatic N) is 3. The number of rotatable bonds is 5. The Labute approximate surface area is 129 Å². The second-order valence-electron chi connectivity index (χ2n) is 4.94. The van der Waals surface area contributed by atoms with Crippen LogP contribution >= 0.6 is 12.2 Å². The van der Waals surface area contributed by atoms with Crippen molar-refractivity contribution >= 4 is 17.2 Å². The second kappa shape index (κ2) is 6.22. The van der Waals surface area contributed by atoms with Crippen LogP contribution in [0.5, 0.6) is 0 Å². The van der Waals surface area contributed by atoms with Gasteiger partial charge in [0.25, 0.3) is 5.56 Å². The van der Waals surface area contributed by atoms with E-state index in [1.54, 1.807) is 10.6 Å². The Balaban J connectivity index is 2.49. The lowest BCUT2D eigenvalue weighted by Gasteiger charge is -2.12. The molecule has 112 valence electrons. The van der Waals surface area contributed by atoms with Crippen LogP contribution in [0.1, 0.15) is 36.5 Å². The van der Waals surface area contributed by atoms with Gasteiger partial charge >= 0.3 is 0 Å². The minimum absolute atomic E-state index is 0.131. The molecular weight excluding hydrogens is 284 g/mol. The molecule has 2 rings (SSSR count). The quantitative estimate of drug-likeness (QED) is 0.853. The molecule has 2 heterocycles.